The van der Waals surface area contributed by atoms with Gasteiger partial charge in [-0.25, -0.2) is 9.59 Å². The first-order chi connectivity index (χ1) is 10.4. The van der Waals surface area contributed by atoms with E-state index in [1.54, 1.807) is 24.3 Å². The van der Waals surface area contributed by atoms with Crippen molar-refractivity contribution in [2.45, 2.75) is 18.5 Å². The first-order valence-corrected chi connectivity index (χ1v) is 7.84. The fourth-order valence-corrected chi connectivity index (χ4v) is 3.46. The molecule has 1 aromatic carbocycles. The lowest BCUT2D eigenvalue weighted by molar-refractivity contribution is -0.143. The maximum atomic E-state index is 12.2. The van der Waals surface area contributed by atoms with Gasteiger partial charge in [-0.2, -0.15) is 11.8 Å². The Balaban J connectivity index is 2.03. The molecule has 2 rings (SSSR count). The maximum absolute atomic E-state index is 12.2. The van der Waals surface area contributed by atoms with Gasteiger partial charge in [-0.1, -0.05) is 12.1 Å². The Labute approximate surface area is 131 Å². The fourth-order valence-electron chi connectivity index (χ4n) is 2.14. The molecule has 1 aliphatic heterocycles. The smallest absolute Gasteiger partial charge is 0.330 e. The van der Waals surface area contributed by atoms with Gasteiger partial charge in [0.25, 0.3) is 5.91 Å². The number of primary amides is 1. The number of hydrogen-bond donors (Lipinski definition) is 4. The Kier molecular flexibility index (Phi) is 4.92. The largest absolute Gasteiger partial charge is 0.479 e. The highest BCUT2D eigenvalue weighted by atomic mass is 32.2. The second-order valence-electron chi connectivity index (χ2n) is 5.06. The second kappa shape index (κ2) is 6.69. The highest BCUT2D eigenvalue weighted by Gasteiger charge is 2.43. The highest BCUT2D eigenvalue weighted by Crippen LogP contribution is 2.28. The Bertz CT molecular complexity index is 582. The summed E-state index contributed by atoms with van der Waals surface area (Å²) in [6, 6.07) is 5.92. The summed E-state index contributed by atoms with van der Waals surface area (Å²) in [6.45, 7) is 0.271. The predicted molar refractivity (Wildman–Crippen MR) is 82.6 cm³/mol. The van der Waals surface area contributed by atoms with Gasteiger partial charge in [0.05, 0.1) is 0 Å². The Morgan fingerprint density at radius 2 is 1.95 bits per heavy atom. The fraction of sp³-hybridized carbons (Fsp3) is 0.357. The summed E-state index contributed by atoms with van der Waals surface area (Å²) in [5.74, 6) is -0.341. The minimum absolute atomic E-state index is 0.271. The van der Waals surface area contributed by atoms with Gasteiger partial charge in [-0.3, -0.25) is 4.79 Å². The van der Waals surface area contributed by atoms with Crippen molar-refractivity contribution in [2.75, 3.05) is 11.5 Å². The quantitative estimate of drug-likeness (QED) is 0.630. The third-order valence-electron chi connectivity index (χ3n) is 3.47. The van der Waals surface area contributed by atoms with Crippen molar-refractivity contribution in [3.8, 4) is 0 Å². The molecule has 3 amide bonds. The number of carboxylic acid groups (broad SMARTS) is 1. The Morgan fingerprint density at radius 3 is 2.45 bits per heavy atom. The van der Waals surface area contributed by atoms with Crippen molar-refractivity contribution >= 4 is 29.7 Å². The summed E-state index contributed by atoms with van der Waals surface area (Å²) in [7, 11) is 0. The lowest BCUT2D eigenvalue weighted by atomic mass is 9.98. The number of rotatable bonds is 5. The summed E-state index contributed by atoms with van der Waals surface area (Å²) >= 11 is 1.51. The van der Waals surface area contributed by atoms with Crippen LogP contribution in [0, 0.1) is 0 Å². The van der Waals surface area contributed by atoms with Crippen molar-refractivity contribution in [3.63, 3.8) is 0 Å². The molecule has 22 heavy (non-hydrogen) atoms. The maximum Gasteiger partial charge on any atom is 0.330 e. The third kappa shape index (κ3) is 3.70. The number of carbonyl (C=O) groups is 3. The van der Waals surface area contributed by atoms with Gasteiger partial charge in [0.15, 0.2) is 0 Å². The number of urea groups is 1. The molecule has 0 spiro atoms. The topological polar surface area (TPSA) is 122 Å². The Hall–Kier alpha value is -2.22. The average molecular weight is 323 g/mol. The molecule has 1 saturated heterocycles. The van der Waals surface area contributed by atoms with E-state index in [0.717, 1.165) is 5.56 Å². The zero-order chi connectivity index (χ0) is 16.2. The highest BCUT2D eigenvalue weighted by molar-refractivity contribution is 7.99. The number of amides is 3. The minimum atomic E-state index is -1.19. The zero-order valence-corrected chi connectivity index (χ0v) is 12.6. The first-order valence-electron chi connectivity index (χ1n) is 6.69. The van der Waals surface area contributed by atoms with E-state index in [1.165, 1.54) is 11.8 Å². The number of nitrogens with one attached hydrogen (secondary N) is 2. The third-order valence-corrected chi connectivity index (χ3v) is 4.66. The summed E-state index contributed by atoms with van der Waals surface area (Å²) in [5, 5.41) is 14.4. The normalized spacial score (nSPS) is 20.4. The van der Waals surface area contributed by atoms with E-state index in [-0.39, 0.29) is 6.54 Å². The van der Waals surface area contributed by atoms with E-state index >= 15 is 0 Å². The van der Waals surface area contributed by atoms with Crippen LogP contribution in [0.25, 0.3) is 0 Å². The van der Waals surface area contributed by atoms with Crippen LogP contribution in [0.1, 0.15) is 22.3 Å². The summed E-state index contributed by atoms with van der Waals surface area (Å²) in [6.07, 6.45) is 0.416. The van der Waals surface area contributed by atoms with Gasteiger partial charge >= 0.3 is 12.0 Å². The van der Waals surface area contributed by atoms with Gasteiger partial charge in [0.1, 0.15) is 5.54 Å². The monoisotopic (exact) mass is 323 g/mol. The van der Waals surface area contributed by atoms with Crippen molar-refractivity contribution < 1.29 is 19.5 Å². The van der Waals surface area contributed by atoms with Crippen LogP contribution in [-0.4, -0.2) is 40.1 Å². The molecule has 118 valence electrons. The molecule has 1 unspecified atom stereocenters. The molecule has 1 aliphatic rings. The van der Waals surface area contributed by atoms with Crippen LogP contribution in [-0.2, 0) is 11.3 Å². The van der Waals surface area contributed by atoms with Crippen LogP contribution in [0.2, 0.25) is 0 Å². The van der Waals surface area contributed by atoms with E-state index in [2.05, 4.69) is 10.6 Å². The second-order valence-corrected chi connectivity index (χ2v) is 6.16. The van der Waals surface area contributed by atoms with Crippen LogP contribution in [0.15, 0.2) is 24.3 Å². The molecule has 0 aliphatic carbocycles. The van der Waals surface area contributed by atoms with E-state index in [9.17, 15) is 19.5 Å². The van der Waals surface area contributed by atoms with E-state index in [4.69, 9.17) is 5.73 Å². The van der Waals surface area contributed by atoms with Crippen molar-refractivity contribution in [1.82, 2.24) is 10.6 Å². The number of carboxylic acids is 1. The summed E-state index contributed by atoms with van der Waals surface area (Å²) < 4.78 is 0. The predicted octanol–water partition coefficient (Wildman–Crippen LogP) is 0.545. The molecule has 5 N–H and O–H groups in total. The van der Waals surface area contributed by atoms with Crippen molar-refractivity contribution in [1.29, 1.82) is 0 Å². The van der Waals surface area contributed by atoms with E-state index in [1.807, 2.05) is 0 Å². The standard InChI is InChI=1S/C14H17N3O4S/c15-13(21)16-7-9-1-3-10(4-2-9)11(18)17-14(12(19)20)5-6-22-8-14/h1-4H,5-8H2,(H,17,18)(H,19,20)(H3,15,16,21). The van der Waals surface area contributed by atoms with Crippen LogP contribution in [0.3, 0.4) is 0 Å². The van der Waals surface area contributed by atoms with Gasteiger partial charge in [0, 0.05) is 17.9 Å². The lowest BCUT2D eigenvalue weighted by Crippen LogP contribution is -2.54. The minimum Gasteiger partial charge on any atom is -0.479 e. The number of thioether (sulfide) groups is 1. The number of nitrogens with two attached hydrogens (primary N) is 1. The lowest BCUT2D eigenvalue weighted by Gasteiger charge is -2.24. The van der Waals surface area contributed by atoms with Gasteiger partial charge in [-0.05, 0) is 29.9 Å². The summed E-state index contributed by atoms with van der Waals surface area (Å²) in [5.41, 5.74) is 4.96. The molecular formula is C14H17N3O4S. The molecule has 0 bridgehead atoms. The van der Waals surface area contributed by atoms with Crippen LogP contribution >= 0.6 is 11.8 Å². The van der Waals surface area contributed by atoms with E-state index in [0.29, 0.717) is 23.5 Å². The molecule has 7 nitrogen and oxygen atoms in total. The molecule has 1 atom stereocenters. The van der Waals surface area contributed by atoms with Crippen molar-refractivity contribution in [2.24, 2.45) is 5.73 Å². The molecule has 0 radical (unpaired) electrons. The zero-order valence-electron chi connectivity index (χ0n) is 11.8. The molecule has 1 heterocycles. The van der Waals surface area contributed by atoms with Gasteiger partial charge in [-0.15, -0.1) is 0 Å². The van der Waals surface area contributed by atoms with Crippen LogP contribution in [0.5, 0.6) is 0 Å². The molecular weight excluding hydrogens is 306 g/mol. The molecule has 1 fully saturated rings. The average Bonchev–Trinajstić information content (AvgIpc) is 2.95. The van der Waals surface area contributed by atoms with Crippen LogP contribution < -0.4 is 16.4 Å². The number of carbonyl (C=O) groups excluding carboxylic acids is 2. The molecule has 1 aromatic rings. The molecule has 8 heteroatoms. The molecule has 0 saturated carbocycles. The molecule has 0 aromatic heterocycles. The van der Waals surface area contributed by atoms with E-state index < -0.39 is 23.4 Å². The van der Waals surface area contributed by atoms with Crippen molar-refractivity contribution in [3.05, 3.63) is 35.4 Å². The number of benzene rings is 1. The van der Waals surface area contributed by atoms with Gasteiger partial charge < -0.3 is 21.5 Å². The summed E-state index contributed by atoms with van der Waals surface area (Å²) in [4.78, 5) is 34.3. The Morgan fingerprint density at radius 1 is 1.27 bits per heavy atom. The number of hydrogen-bond acceptors (Lipinski definition) is 4. The number of aliphatic carboxylic acids is 1. The van der Waals surface area contributed by atoms with Crippen LogP contribution in [0.4, 0.5) is 4.79 Å². The SMILES string of the molecule is NC(=O)NCc1ccc(C(=O)NC2(C(=O)O)CCSC2)cc1. The van der Waals surface area contributed by atoms with Gasteiger partial charge in [0.2, 0.25) is 0 Å². The first kappa shape index (κ1) is 16.2.